The zero-order chi connectivity index (χ0) is 13.1. The first-order chi connectivity index (χ1) is 8.54. The second kappa shape index (κ2) is 5.72. The van der Waals surface area contributed by atoms with Crippen molar-refractivity contribution in [3.63, 3.8) is 0 Å². The predicted octanol–water partition coefficient (Wildman–Crippen LogP) is 4.71. The molecular formula is C14H15ClN2S. The average molecular weight is 279 g/mol. The summed E-state index contributed by atoms with van der Waals surface area (Å²) < 4.78 is 0. The van der Waals surface area contributed by atoms with E-state index in [4.69, 9.17) is 11.6 Å². The van der Waals surface area contributed by atoms with Crippen LogP contribution in [0.1, 0.15) is 31.2 Å². The van der Waals surface area contributed by atoms with Crippen LogP contribution in [0, 0.1) is 6.92 Å². The highest BCUT2D eigenvalue weighted by molar-refractivity contribution is 7.99. The molecule has 0 aliphatic carbocycles. The third kappa shape index (κ3) is 3.47. The lowest BCUT2D eigenvalue weighted by molar-refractivity contribution is 0.865. The van der Waals surface area contributed by atoms with Gasteiger partial charge in [-0.25, -0.2) is 9.97 Å². The molecule has 0 spiro atoms. The van der Waals surface area contributed by atoms with Crippen LogP contribution in [0.3, 0.4) is 0 Å². The zero-order valence-electron chi connectivity index (χ0n) is 10.6. The Hall–Kier alpha value is -1.06. The summed E-state index contributed by atoms with van der Waals surface area (Å²) in [5.41, 5.74) is 1.34. The Labute approximate surface area is 117 Å². The number of aryl methyl sites for hydroxylation is 1. The maximum Gasteiger partial charge on any atom is 0.133 e. The maximum absolute atomic E-state index is 5.92. The third-order valence-electron chi connectivity index (χ3n) is 2.55. The van der Waals surface area contributed by atoms with Crippen molar-refractivity contribution >= 4 is 23.4 Å². The van der Waals surface area contributed by atoms with Crippen molar-refractivity contribution in [2.24, 2.45) is 0 Å². The van der Waals surface area contributed by atoms with Crippen molar-refractivity contribution < 1.29 is 0 Å². The summed E-state index contributed by atoms with van der Waals surface area (Å²) in [7, 11) is 0. The number of halogens is 1. The van der Waals surface area contributed by atoms with Gasteiger partial charge >= 0.3 is 0 Å². The SMILES string of the molecule is Cc1nc(Cl)cc(Sc2ccc(C(C)C)cc2)n1. The number of hydrogen-bond donors (Lipinski definition) is 0. The van der Waals surface area contributed by atoms with Gasteiger partial charge in [-0.3, -0.25) is 0 Å². The molecular weight excluding hydrogens is 264 g/mol. The Bertz CT molecular complexity index is 518. The van der Waals surface area contributed by atoms with E-state index in [0.29, 0.717) is 16.9 Å². The van der Waals surface area contributed by atoms with E-state index in [-0.39, 0.29) is 0 Å². The van der Waals surface area contributed by atoms with Gasteiger partial charge in [0.1, 0.15) is 16.0 Å². The Morgan fingerprint density at radius 1 is 1.11 bits per heavy atom. The van der Waals surface area contributed by atoms with Crippen LogP contribution in [0.4, 0.5) is 0 Å². The lowest BCUT2D eigenvalue weighted by Gasteiger charge is -2.06. The van der Waals surface area contributed by atoms with Crippen LogP contribution in [0.25, 0.3) is 0 Å². The minimum absolute atomic E-state index is 0.490. The summed E-state index contributed by atoms with van der Waals surface area (Å²) in [6.45, 7) is 6.23. The summed E-state index contributed by atoms with van der Waals surface area (Å²) in [6, 6.07) is 10.3. The molecule has 0 saturated heterocycles. The van der Waals surface area contributed by atoms with E-state index in [1.165, 1.54) is 5.56 Å². The highest BCUT2D eigenvalue weighted by atomic mass is 35.5. The van der Waals surface area contributed by atoms with Gasteiger partial charge in [0.25, 0.3) is 0 Å². The minimum Gasteiger partial charge on any atom is -0.226 e. The summed E-state index contributed by atoms with van der Waals surface area (Å²) in [6.07, 6.45) is 0. The van der Waals surface area contributed by atoms with Gasteiger partial charge in [-0.1, -0.05) is 49.3 Å². The van der Waals surface area contributed by atoms with E-state index < -0.39 is 0 Å². The minimum atomic E-state index is 0.490. The molecule has 0 amide bonds. The van der Waals surface area contributed by atoms with Crippen LogP contribution < -0.4 is 0 Å². The molecule has 0 atom stereocenters. The Kier molecular flexibility index (Phi) is 4.25. The third-order valence-corrected chi connectivity index (χ3v) is 3.67. The van der Waals surface area contributed by atoms with Crippen LogP contribution in [0.2, 0.25) is 5.15 Å². The number of aromatic nitrogens is 2. The highest BCUT2D eigenvalue weighted by Crippen LogP contribution is 2.28. The molecule has 0 aliphatic rings. The quantitative estimate of drug-likeness (QED) is 0.760. The molecule has 4 heteroatoms. The Balaban J connectivity index is 2.18. The van der Waals surface area contributed by atoms with E-state index >= 15 is 0 Å². The van der Waals surface area contributed by atoms with E-state index in [1.54, 1.807) is 17.8 Å². The topological polar surface area (TPSA) is 25.8 Å². The lowest BCUT2D eigenvalue weighted by Crippen LogP contribution is -1.90. The molecule has 1 aromatic carbocycles. The van der Waals surface area contributed by atoms with Gasteiger partial charge in [0.05, 0.1) is 0 Å². The second-order valence-electron chi connectivity index (χ2n) is 4.40. The fourth-order valence-electron chi connectivity index (χ4n) is 1.60. The molecule has 0 aliphatic heterocycles. The van der Waals surface area contributed by atoms with Crippen molar-refractivity contribution in [2.75, 3.05) is 0 Å². The van der Waals surface area contributed by atoms with Crippen LogP contribution in [0.15, 0.2) is 40.3 Å². The van der Waals surface area contributed by atoms with Crippen LogP contribution in [-0.2, 0) is 0 Å². The first kappa shape index (κ1) is 13.4. The molecule has 1 aromatic heterocycles. The molecule has 2 rings (SSSR count). The van der Waals surface area contributed by atoms with Gasteiger partial charge in [0, 0.05) is 11.0 Å². The van der Waals surface area contributed by atoms with Gasteiger partial charge < -0.3 is 0 Å². The molecule has 1 heterocycles. The first-order valence-corrected chi connectivity index (χ1v) is 7.03. The molecule has 0 bridgehead atoms. The predicted molar refractivity (Wildman–Crippen MR) is 76.4 cm³/mol. The molecule has 18 heavy (non-hydrogen) atoms. The molecule has 2 nitrogen and oxygen atoms in total. The normalized spacial score (nSPS) is 10.9. The van der Waals surface area contributed by atoms with Crippen molar-refractivity contribution in [1.29, 1.82) is 0 Å². The van der Waals surface area contributed by atoms with Crippen LogP contribution >= 0.6 is 23.4 Å². The number of rotatable bonds is 3. The Morgan fingerprint density at radius 2 is 1.78 bits per heavy atom. The maximum atomic E-state index is 5.92. The van der Waals surface area contributed by atoms with Gasteiger partial charge in [-0.15, -0.1) is 0 Å². The van der Waals surface area contributed by atoms with E-state index in [2.05, 4.69) is 48.1 Å². The van der Waals surface area contributed by atoms with E-state index in [9.17, 15) is 0 Å². The highest BCUT2D eigenvalue weighted by Gasteiger charge is 2.04. The van der Waals surface area contributed by atoms with Crippen molar-refractivity contribution in [1.82, 2.24) is 9.97 Å². The second-order valence-corrected chi connectivity index (χ2v) is 5.88. The molecule has 0 N–H and O–H groups in total. The number of hydrogen-bond acceptors (Lipinski definition) is 3. The molecule has 94 valence electrons. The van der Waals surface area contributed by atoms with Crippen LogP contribution in [0.5, 0.6) is 0 Å². The zero-order valence-corrected chi connectivity index (χ0v) is 12.2. The van der Waals surface area contributed by atoms with Crippen molar-refractivity contribution in [3.05, 3.63) is 46.9 Å². The monoisotopic (exact) mass is 278 g/mol. The summed E-state index contributed by atoms with van der Waals surface area (Å²) >= 11 is 7.52. The fourth-order valence-corrected chi connectivity index (χ4v) is 2.75. The standard InChI is InChI=1S/C14H15ClN2S/c1-9(2)11-4-6-12(7-5-11)18-14-8-13(15)16-10(3)17-14/h4-9H,1-3H3. The largest absolute Gasteiger partial charge is 0.226 e. The molecule has 2 aromatic rings. The van der Waals surface area contributed by atoms with Gasteiger partial charge in [0.15, 0.2) is 0 Å². The molecule has 0 saturated carbocycles. The molecule has 0 fully saturated rings. The van der Waals surface area contributed by atoms with Crippen LogP contribution in [-0.4, -0.2) is 9.97 Å². The van der Waals surface area contributed by atoms with E-state index in [0.717, 1.165) is 9.92 Å². The Morgan fingerprint density at radius 3 is 2.33 bits per heavy atom. The van der Waals surface area contributed by atoms with Crippen molar-refractivity contribution in [3.8, 4) is 0 Å². The van der Waals surface area contributed by atoms with Gasteiger partial charge in [0.2, 0.25) is 0 Å². The van der Waals surface area contributed by atoms with E-state index in [1.807, 2.05) is 6.92 Å². The number of benzene rings is 1. The average Bonchev–Trinajstić information content (AvgIpc) is 2.28. The van der Waals surface area contributed by atoms with Gasteiger partial charge in [-0.2, -0.15) is 0 Å². The summed E-state index contributed by atoms with van der Waals surface area (Å²) in [5, 5.41) is 1.37. The fraction of sp³-hybridized carbons (Fsp3) is 0.286. The molecule has 0 unspecified atom stereocenters. The van der Waals surface area contributed by atoms with Gasteiger partial charge in [-0.05, 0) is 30.5 Å². The number of nitrogens with zero attached hydrogens (tertiary/aromatic N) is 2. The lowest BCUT2D eigenvalue weighted by atomic mass is 10.0. The summed E-state index contributed by atoms with van der Waals surface area (Å²) in [4.78, 5) is 9.57. The first-order valence-electron chi connectivity index (χ1n) is 5.83. The summed E-state index contributed by atoms with van der Waals surface area (Å²) in [5.74, 6) is 1.25. The van der Waals surface area contributed by atoms with Crippen molar-refractivity contribution in [2.45, 2.75) is 36.6 Å². The molecule has 0 radical (unpaired) electrons. The smallest absolute Gasteiger partial charge is 0.133 e.